The summed E-state index contributed by atoms with van der Waals surface area (Å²) in [6.45, 7) is 12.9. The van der Waals surface area contributed by atoms with Crippen LogP contribution in [0.15, 0.2) is 167 Å². The van der Waals surface area contributed by atoms with Crippen molar-refractivity contribution in [3.63, 3.8) is 0 Å². The summed E-state index contributed by atoms with van der Waals surface area (Å²) in [6, 6.07) is 57.3. The van der Waals surface area contributed by atoms with E-state index in [1.807, 2.05) is 0 Å². The molecule has 11 aromatic rings. The molecule has 11 rings (SSSR count). The lowest BCUT2D eigenvalue weighted by Gasteiger charge is -2.26. The molecule has 0 atom stereocenters. The number of anilines is 6. The summed E-state index contributed by atoms with van der Waals surface area (Å²) < 4.78 is 13.6. The molecule has 0 amide bonds. The Morgan fingerprint density at radius 2 is 0.667 bits per heavy atom. The number of benzene rings is 9. The summed E-state index contributed by atoms with van der Waals surface area (Å²) in [4.78, 5) is 4.68. The molecular weight excluding hydrogens is 733 g/mol. The molecular formula is C56H44N2O2. The fourth-order valence-corrected chi connectivity index (χ4v) is 9.40. The van der Waals surface area contributed by atoms with Crippen LogP contribution in [-0.2, 0) is 0 Å². The van der Waals surface area contributed by atoms with Crippen LogP contribution in [0.25, 0.3) is 65.4 Å². The molecule has 0 radical (unpaired) electrons. The first kappa shape index (κ1) is 35.8. The summed E-state index contributed by atoms with van der Waals surface area (Å²) in [7, 11) is 0. The standard InChI is InChI=1S/C56H44N2O2/c1-33-11-7-15-43(23-33)57(44-16-8-12-34(2)24-44)47-21-19-39-29-49-51(31-41(39)27-47)59-55-38(6)56-54(37(5)53(49)55)50-30-40-20-22-48(28-42(40)32-52(50)60-56)58(45-17-9-13-35(3)25-45)46-18-10-14-36(4)26-46/h7-32H,1-6H3. The number of furan rings is 2. The zero-order chi connectivity index (χ0) is 40.8. The third-order valence-corrected chi connectivity index (χ3v) is 12.2. The minimum absolute atomic E-state index is 0.875. The highest BCUT2D eigenvalue weighted by molar-refractivity contribution is 6.22. The first-order valence-corrected chi connectivity index (χ1v) is 20.7. The van der Waals surface area contributed by atoms with Gasteiger partial charge in [-0.2, -0.15) is 0 Å². The van der Waals surface area contributed by atoms with Crippen LogP contribution in [-0.4, -0.2) is 0 Å². The fourth-order valence-electron chi connectivity index (χ4n) is 9.40. The van der Waals surface area contributed by atoms with Crippen molar-refractivity contribution >= 4 is 99.5 Å². The van der Waals surface area contributed by atoms with Gasteiger partial charge in [0.05, 0.1) is 0 Å². The number of hydrogen-bond donors (Lipinski definition) is 0. The smallest absolute Gasteiger partial charge is 0.142 e. The fraction of sp³-hybridized carbons (Fsp3) is 0.107. The number of nitrogens with zero attached hydrogens (tertiary/aromatic N) is 2. The van der Waals surface area contributed by atoms with E-state index in [0.29, 0.717) is 0 Å². The Morgan fingerprint density at radius 3 is 1.02 bits per heavy atom. The molecule has 2 aromatic heterocycles. The highest BCUT2D eigenvalue weighted by atomic mass is 16.3. The molecule has 0 saturated heterocycles. The Morgan fingerprint density at radius 1 is 0.317 bits per heavy atom. The van der Waals surface area contributed by atoms with E-state index in [2.05, 4.69) is 209 Å². The maximum absolute atomic E-state index is 6.82. The Balaban J connectivity index is 1.05. The van der Waals surface area contributed by atoms with Gasteiger partial charge in [-0.05, 0) is 188 Å². The normalized spacial score (nSPS) is 11.8. The van der Waals surface area contributed by atoms with Gasteiger partial charge < -0.3 is 18.6 Å². The van der Waals surface area contributed by atoms with E-state index in [1.165, 1.54) is 38.6 Å². The minimum atomic E-state index is 0.875. The van der Waals surface area contributed by atoms with Crippen LogP contribution in [0.3, 0.4) is 0 Å². The predicted octanol–water partition coefficient (Wildman–Crippen LogP) is 16.6. The number of aryl methyl sites for hydroxylation is 6. The molecule has 0 spiro atoms. The minimum Gasteiger partial charge on any atom is -0.456 e. The van der Waals surface area contributed by atoms with Gasteiger partial charge in [-0.25, -0.2) is 0 Å². The molecule has 0 unspecified atom stereocenters. The largest absolute Gasteiger partial charge is 0.456 e. The third kappa shape index (κ3) is 5.82. The van der Waals surface area contributed by atoms with Crippen LogP contribution in [0.5, 0.6) is 0 Å². The second-order valence-corrected chi connectivity index (χ2v) is 16.6. The quantitative estimate of drug-likeness (QED) is 0.168. The van der Waals surface area contributed by atoms with Gasteiger partial charge in [-0.3, -0.25) is 0 Å². The summed E-state index contributed by atoms with van der Waals surface area (Å²) in [6.07, 6.45) is 0. The van der Waals surface area contributed by atoms with E-state index in [0.717, 1.165) is 94.3 Å². The van der Waals surface area contributed by atoms with E-state index in [9.17, 15) is 0 Å². The molecule has 0 N–H and O–H groups in total. The first-order valence-electron chi connectivity index (χ1n) is 20.7. The molecule has 4 heteroatoms. The monoisotopic (exact) mass is 776 g/mol. The van der Waals surface area contributed by atoms with Gasteiger partial charge in [0.15, 0.2) is 0 Å². The van der Waals surface area contributed by atoms with Gasteiger partial charge in [0.1, 0.15) is 22.3 Å². The number of hydrogen-bond acceptors (Lipinski definition) is 4. The van der Waals surface area contributed by atoms with Crippen LogP contribution < -0.4 is 9.80 Å². The molecule has 0 bridgehead atoms. The third-order valence-electron chi connectivity index (χ3n) is 12.2. The van der Waals surface area contributed by atoms with Gasteiger partial charge in [0.2, 0.25) is 0 Å². The average Bonchev–Trinajstić information content (AvgIpc) is 3.80. The van der Waals surface area contributed by atoms with Crippen molar-refractivity contribution in [2.45, 2.75) is 41.5 Å². The maximum atomic E-state index is 6.82. The Labute approximate surface area is 349 Å². The highest BCUT2D eigenvalue weighted by Gasteiger charge is 2.23. The molecule has 0 aliphatic heterocycles. The van der Waals surface area contributed by atoms with Gasteiger partial charge in [-0.15, -0.1) is 0 Å². The lowest BCUT2D eigenvalue weighted by Crippen LogP contribution is -2.10. The van der Waals surface area contributed by atoms with E-state index >= 15 is 0 Å². The van der Waals surface area contributed by atoms with Gasteiger partial charge >= 0.3 is 0 Å². The van der Waals surface area contributed by atoms with Crippen LogP contribution in [0.4, 0.5) is 34.1 Å². The van der Waals surface area contributed by atoms with Crippen LogP contribution in [0.1, 0.15) is 33.4 Å². The van der Waals surface area contributed by atoms with Crippen molar-refractivity contribution in [2.75, 3.05) is 9.80 Å². The number of rotatable bonds is 6. The molecule has 290 valence electrons. The Bertz CT molecular complexity index is 3210. The molecule has 9 aromatic carbocycles. The van der Waals surface area contributed by atoms with E-state index < -0.39 is 0 Å². The van der Waals surface area contributed by atoms with Crippen molar-refractivity contribution in [1.82, 2.24) is 0 Å². The van der Waals surface area contributed by atoms with E-state index in [4.69, 9.17) is 8.83 Å². The van der Waals surface area contributed by atoms with Crippen LogP contribution >= 0.6 is 0 Å². The second-order valence-electron chi connectivity index (χ2n) is 16.6. The van der Waals surface area contributed by atoms with E-state index in [-0.39, 0.29) is 0 Å². The number of fused-ring (bicyclic) bond motifs is 8. The van der Waals surface area contributed by atoms with Crippen molar-refractivity contribution in [2.24, 2.45) is 0 Å². The summed E-state index contributed by atoms with van der Waals surface area (Å²) in [5.74, 6) is 0. The zero-order valence-corrected chi connectivity index (χ0v) is 34.7. The SMILES string of the molecule is Cc1cccc(N(c2cccc(C)c2)c2ccc3cc4c(cc3c2)oc2c(C)c3oc5cc6cc(N(c7cccc(C)c7)c7cccc(C)c7)ccc6cc5c3c(C)c24)c1. The molecule has 4 nitrogen and oxygen atoms in total. The Kier molecular flexibility index (Phi) is 8.15. The van der Waals surface area contributed by atoms with Gasteiger partial charge in [0, 0.05) is 61.2 Å². The predicted molar refractivity (Wildman–Crippen MR) is 254 cm³/mol. The van der Waals surface area contributed by atoms with E-state index in [1.54, 1.807) is 0 Å². The van der Waals surface area contributed by atoms with Crippen molar-refractivity contribution in [3.8, 4) is 0 Å². The molecule has 0 fully saturated rings. The molecule has 0 saturated carbocycles. The average molecular weight is 777 g/mol. The topological polar surface area (TPSA) is 32.8 Å². The van der Waals surface area contributed by atoms with Gasteiger partial charge in [-0.1, -0.05) is 60.7 Å². The van der Waals surface area contributed by atoms with Crippen LogP contribution in [0.2, 0.25) is 0 Å². The second kappa shape index (κ2) is 13.6. The zero-order valence-electron chi connectivity index (χ0n) is 34.7. The lowest BCUT2D eigenvalue weighted by molar-refractivity contribution is 0.651. The Hall–Kier alpha value is -7.30. The maximum Gasteiger partial charge on any atom is 0.142 e. The summed E-state index contributed by atoms with van der Waals surface area (Å²) in [5, 5.41) is 9.13. The van der Waals surface area contributed by atoms with Crippen molar-refractivity contribution in [3.05, 3.63) is 191 Å². The molecule has 60 heavy (non-hydrogen) atoms. The first-order chi connectivity index (χ1) is 29.2. The lowest BCUT2D eigenvalue weighted by atomic mass is 9.96. The highest BCUT2D eigenvalue weighted by Crippen LogP contribution is 2.46. The van der Waals surface area contributed by atoms with Gasteiger partial charge in [0.25, 0.3) is 0 Å². The van der Waals surface area contributed by atoms with Crippen molar-refractivity contribution < 1.29 is 8.83 Å². The summed E-state index contributed by atoms with van der Waals surface area (Å²) >= 11 is 0. The van der Waals surface area contributed by atoms with Crippen LogP contribution in [0, 0.1) is 41.5 Å². The molecule has 2 heterocycles. The van der Waals surface area contributed by atoms with Crippen molar-refractivity contribution in [1.29, 1.82) is 0 Å². The summed E-state index contributed by atoms with van der Waals surface area (Å²) in [5.41, 5.74) is 17.3. The molecule has 0 aliphatic carbocycles. The molecule has 0 aliphatic rings.